The van der Waals surface area contributed by atoms with E-state index in [1.165, 1.54) is 0 Å². The quantitative estimate of drug-likeness (QED) is 0.457. The maximum absolute atomic E-state index is 13.3. The van der Waals surface area contributed by atoms with Gasteiger partial charge in [0.2, 0.25) is 0 Å². The Labute approximate surface area is 160 Å². The van der Waals surface area contributed by atoms with Crippen LogP contribution in [0.5, 0.6) is 0 Å². The summed E-state index contributed by atoms with van der Waals surface area (Å²) in [5.74, 6) is -1.22. The Balaban J connectivity index is 2.04. The molecule has 0 aromatic heterocycles. The first-order chi connectivity index (χ1) is 12.7. The maximum atomic E-state index is 13.3. The molecule has 0 N–H and O–H groups in total. The molecule has 1 aliphatic rings. The second-order valence-electron chi connectivity index (χ2n) is 6.95. The van der Waals surface area contributed by atoms with Gasteiger partial charge in [-0.3, -0.25) is 4.57 Å². The fourth-order valence-corrected chi connectivity index (χ4v) is 5.13. The minimum absolute atomic E-state index is 0.00785. The molecule has 1 aromatic carbocycles. The van der Waals surface area contributed by atoms with Gasteiger partial charge < -0.3 is 23.3 Å². The summed E-state index contributed by atoms with van der Waals surface area (Å²) in [7, 11) is -1.97. The minimum atomic E-state index is -3.52. The van der Waals surface area contributed by atoms with Crippen molar-refractivity contribution in [3.8, 4) is 0 Å². The number of ether oxygens (including phenoxy) is 3. The number of rotatable bonds is 9. The summed E-state index contributed by atoms with van der Waals surface area (Å²) in [6.45, 7) is 7.15. The molecule has 0 radical (unpaired) electrons. The second kappa shape index (κ2) is 9.80. The van der Waals surface area contributed by atoms with Crippen molar-refractivity contribution in [2.24, 2.45) is 0 Å². The number of methoxy groups -OCH3 is 1. The van der Waals surface area contributed by atoms with Crippen molar-refractivity contribution in [3.05, 3.63) is 35.9 Å². The molecule has 152 valence electrons. The summed E-state index contributed by atoms with van der Waals surface area (Å²) in [4.78, 5) is 12.1. The topological polar surface area (TPSA) is 80.3 Å². The SMILES string of the molecule is COC1CC(P(=O)(OC(C)C)OC(C)C)OC1COC(=O)c1ccccc1. The fourth-order valence-electron chi connectivity index (χ4n) is 2.86. The monoisotopic (exact) mass is 400 g/mol. The third kappa shape index (κ3) is 6.13. The summed E-state index contributed by atoms with van der Waals surface area (Å²) < 4.78 is 41.2. The number of esters is 1. The lowest BCUT2D eigenvalue weighted by Crippen LogP contribution is -2.29. The van der Waals surface area contributed by atoms with Gasteiger partial charge in [-0.2, -0.15) is 0 Å². The molecule has 1 saturated heterocycles. The third-order valence-electron chi connectivity index (χ3n) is 3.94. The van der Waals surface area contributed by atoms with Gasteiger partial charge in [0.1, 0.15) is 12.7 Å². The molecule has 1 heterocycles. The van der Waals surface area contributed by atoms with Crippen LogP contribution in [0.1, 0.15) is 44.5 Å². The van der Waals surface area contributed by atoms with E-state index in [2.05, 4.69) is 0 Å². The molecule has 0 bridgehead atoms. The molecule has 0 spiro atoms. The van der Waals surface area contributed by atoms with E-state index in [-0.39, 0.29) is 24.9 Å². The molecule has 1 aromatic rings. The zero-order valence-electron chi connectivity index (χ0n) is 16.5. The summed E-state index contributed by atoms with van der Waals surface area (Å²) in [6, 6.07) is 8.70. The van der Waals surface area contributed by atoms with Gasteiger partial charge in [0.15, 0.2) is 5.85 Å². The Bertz CT molecular complexity index is 633. The van der Waals surface area contributed by atoms with E-state index in [0.717, 1.165) is 0 Å². The Hall–Kier alpha value is -1.24. The Morgan fingerprint density at radius 2 is 1.74 bits per heavy atom. The van der Waals surface area contributed by atoms with Crippen LogP contribution >= 0.6 is 7.60 Å². The number of hydrogen-bond acceptors (Lipinski definition) is 7. The van der Waals surface area contributed by atoms with Crippen LogP contribution in [0.2, 0.25) is 0 Å². The van der Waals surface area contributed by atoms with Gasteiger partial charge in [-0.1, -0.05) is 18.2 Å². The van der Waals surface area contributed by atoms with E-state index >= 15 is 0 Å². The number of carbonyl (C=O) groups excluding carboxylic acids is 1. The van der Waals surface area contributed by atoms with Crippen LogP contribution < -0.4 is 0 Å². The second-order valence-corrected chi connectivity index (χ2v) is 9.03. The smallest absolute Gasteiger partial charge is 0.359 e. The van der Waals surface area contributed by atoms with Crippen LogP contribution in [0, 0.1) is 0 Å². The van der Waals surface area contributed by atoms with Crippen LogP contribution in [-0.2, 0) is 27.8 Å². The van der Waals surface area contributed by atoms with Crippen molar-refractivity contribution in [1.82, 2.24) is 0 Å². The molecule has 0 aliphatic carbocycles. The summed E-state index contributed by atoms with van der Waals surface area (Å²) in [5, 5.41) is 0. The predicted molar refractivity (Wildman–Crippen MR) is 101 cm³/mol. The van der Waals surface area contributed by atoms with Crippen molar-refractivity contribution in [1.29, 1.82) is 0 Å². The average molecular weight is 400 g/mol. The van der Waals surface area contributed by atoms with Gasteiger partial charge in [-0.25, -0.2) is 4.79 Å². The first kappa shape index (κ1) is 22.1. The van der Waals surface area contributed by atoms with Gasteiger partial charge >= 0.3 is 13.6 Å². The Morgan fingerprint density at radius 1 is 1.15 bits per heavy atom. The molecule has 0 saturated carbocycles. The van der Waals surface area contributed by atoms with Gasteiger partial charge in [0.05, 0.1) is 23.9 Å². The third-order valence-corrected chi connectivity index (χ3v) is 6.41. The van der Waals surface area contributed by atoms with Crippen LogP contribution in [0.25, 0.3) is 0 Å². The molecule has 3 unspecified atom stereocenters. The summed E-state index contributed by atoms with van der Waals surface area (Å²) >= 11 is 0. The van der Waals surface area contributed by atoms with E-state index in [1.54, 1.807) is 59.1 Å². The number of hydrogen-bond donors (Lipinski definition) is 0. The van der Waals surface area contributed by atoms with Gasteiger partial charge in [0.25, 0.3) is 0 Å². The van der Waals surface area contributed by atoms with Crippen molar-refractivity contribution in [2.45, 2.75) is 64.4 Å². The Kier molecular flexibility index (Phi) is 8.01. The molecule has 0 amide bonds. The molecule has 1 aliphatic heterocycles. The lowest BCUT2D eigenvalue weighted by molar-refractivity contribution is -0.0371. The summed E-state index contributed by atoms with van der Waals surface area (Å²) in [6.07, 6.45) is -1.16. The van der Waals surface area contributed by atoms with E-state index < -0.39 is 25.5 Å². The highest BCUT2D eigenvalue weighted by Crippen LogP contribution is 2.59. The van der Waals surface area contributed by atoms with E-state index in [4.69, 9.17) is 23.3 Å². The summed E-state index contributed by atoms with van der Waals surface area (Å²) in [5.41, 5.74) is 0.456. The lowest BCUT2D eigenvalue weighted by Gasteiger charge is -2.27. The molecule has 1 fully saturated rings. The van der Waals surface area contributed by atoms with Crippen molar-refractivity contribution >= 4 is 13.6 Å². The number of benzene rings is 1. The fraction of sp³-hybridized carbons (Fsp3) is 0.632. The van der Waals surface area contributed by atoms with Crippen molar-refractivity contribution < 1.29 is 32.6 Å². The van der Waals surface area contributed by atoms with Crippen molar-refractivity contribution in [2.75, 3.05) is 13.7 Å². The van der Waals surface area contributed by atoms with E-state index in [9.17, 15) is 9.36 Å². The molecule has 7 nitrogen and oxygen atoms in total. The van der Waals surface area contributed by atoms with Gasteiger partial charge in [-0.05, 0) is 39.8 Å². The molecule has 8 heteroatoms. The normalized spacial score (nSPS) is 23.1. The van der Waals surface area contributed by atoms with Crippen LogP contribution in [0.15, 0.2) is 30.3 Å². The van der Waals surface area contributed by atoms with Crippen molar-refractivity contribution in [3.63, 3.8) is 0 Å². The molecular formula is C19H29O7P. The molecule has 27 heavy (non-hydrogen) atoms. The molecule has 2 rings (SSSR count). The number of carbonyl (C=O) groups is 1. The highest BCUT2D eigenvalue weighted by atomic mass is 31.2. The standard InChI is InChI=1S/C19H29O7P/c1-13(2)25-27(21,26-14(3)4)18-11-16(22-5)17(24-18)12-23-19(20)15-9-7-6-8-10-15/h6-10,13-14,16-18H,11-12H2,1-5H3. The average Bonchev–Trinajstić information content (AvgIpc) is 3.03. The first-order valence-corrected chi connectivity index (χ1v) is 10.7. The first-order valence-electron chi connectivity index (χ1n) is 9.12. The lowest BCUT2D eigenvalue weighted by atomic mass is 10.2. The maximum Gasteiger partial charge on any atom is 0.359 e. The van der Waals surface area contributed by atoms with Gasteiger partial charge in [0, 0.05) is 13.5 Å². The minimum Gasteiger partial charge on any atom is -0.459 e. The van der Waals surface area contributed by atoms with Crippen LogP contribution in [0.3, 0.4) is 0 Å². The predicted octanol–water partition coefficient (Wildman–Crippen LogP) is 4.02. The van der Waals surface area contributed by atoms with Crippen LogP contribution in [0.4, 0.5) is 0 Å². The zero-order valence-corrected chi connectivity index (χ0v) is 17.4. The Morgan fingerprint density at radius 3 is 2.26 bits per heavy atom. The van der Waals surface area contributed by atoms with Gasteiger partial charge in [-0.15, -0.1) is 0 Å². The highest BCUT2D eigenvalue weighted by Gasteiger charge is 2.48. The van der Waals surface area contributed by atoms with E-state index in [1.807, 2.05) is 6.07 Å². The van der Waals surface area contributed by atoms with E-state index in [0.29, 0.717) is 12.0 Å². The highest BCUT2D eigenvalue weighted by molar-refractivity contribution is 7.54. The molecule has 3 atom stereocenters. The largest absolute Gasteiger partial charge is 0.459 e. The zero-order chi connectivity index (χ0) is 20.0. The molecular weight excluding hydrogens is 371 g/mol. The van der Waals surface area contributed by atoms with Crippen LogP contribution in [-0.4, -0.2) is 49.9 Å².